The molecule has 248 valence electrons. The molecule has 17 nitrogen and oxygen atoms in total. The highest BCUT2D eigenvalue weighted by molar-refractivity contribution is 9.09. The lowest BCUT2D eigenvalue weighted by Gasteiger charge is -2.48. The van der Waals surface area contributed by atoms with Gasteiger partial charge < -0.3 is 47.4 Å². The summed E-state index contributed by atoms with van der Waals surface area (Å²) in [7, 11) is 0. The number of alkyl halides is 1. The minimum Gasteiger partial charge on any atom is -0.463 e. The van der Waals surface area contributed by atoms with Gasteiger partial charge in [0.05, 0.1) is 0 Å². The van der Waals surface area contributed by atoms with Crippen molar-refractivity contribution >= 4 is 57.7 Å². The van der Waals surface area contributed by atoms with E-state index in [1.807, 2.05) is 0 Å². The number of carbonyl (C=O) groups is 7. The van der Waals surface area contributed by atoms with Crippen LogP contribution in [0.3, 0.4) is 0 Å². The minimum atomic E-state index is -1.97. The standard InChI is InChI=1S/C26H35BrO17/c1-10(28)35-8-17-20(21(38-13(4)31)23(25(27)42-17)40-15(6)33)44-26-24(41-16(7)34)22(39-14(5)32)19(37-12(3)30)18(43-26)9-36-11(2)29/h17-26H,8-9H2,1-7H3/t17-,18-,19-,20-,21+,22+,23-,24-,25+,26?/m1/s1/i2D,3D,5D,7D. The van der Waals surface area contributed by atoms with Crippen LogP contribution in [0.15, 0.2) is 0 Å². The first-order chi connectivity index (χ1) is 22.6. The number of halogens is 1. The molecule has 0 aromatic carbocycles. The average Bonchev–Trinajstić information content (AvgIpc) is 3.03. The van der Waals surface area contributed by atoms with E-state index in [0.29, 0.717) is 0 Å². The molecule has 2 saturated heterocycles. The maximum Gasteiger partial charge on any atom is 0.303 e. The summed E-state index contributed by atoms with van der Waals surface area (Å²) in [6.07, 6.45) is -15.2. The Labute approximate surface area is 266 Å². The molecular weight excluding hydrogens is 664 g/mol. The molecule has 2 aliphatic rings. The number of carbonyl (C=O) groups excluding carboxylic acids is 7. The Morgan fingerprint density at radius 1 is 0.545 bits per heavy atom. The van der Waals surface area contributed by atoms with Crippen LogP contribution < -0.4 is 0 Å². The summed E-state index contributed by atoms with van der Waals surface area (Å²) in [4.78, 5) is 85.0. The fraction of sp³-hybridized carbons (Fsp3) is 0.731. The smallest absolute Gasteiger partial charge is 0.303 e. The van der Waals surface area contributed by atoms with E-state index in [0.717, 1.165) is 20.8 Å². The van der Waals surface area contributed by atoms with E-state index < -0.39 is 143 Å². The number of ether oxygens (including phenoxy) is 10. The lowest BCUT2D eigenvalue weighted by atomic mass is 9.96. The number of esters is 7. The zero-order chi connectivity index (χ0) is 36.1. The van der Waals surface area contributed by atoms with Gasteiger partial charge in [-0.2, -0.15) is 0 Å². The average molecular weight is 703 g/mol. The van der Waals surface area contributed by atoms with Crippen LogP contribution in [0.25, 0.3) is 0 Å². The molecule has 2 aliphatic heterocycles. The molecule has 0 N–H and O–H groups in total. The SMILES string of the molecule is [2H]CC(=O)OC[C@H]1OC(O[C@H]2[C@H](OC(C)=O)[C@@H](OC(C)=O)[C@@H](Br)O[C@@H]2COC(C)=O)[C@H](OC(=O)C[2H])[C@@H](OC(=O)C[2H])[C@@H]1OC(=O)C[2H]. The third-order valence-electron chi connectivity index (χ3n) is 5.73. The van der Waals surface area contributed by atoms with E-state index in [9.17, 15) is 33.6 Å². The summed E-state index contributed by atoms with van der Waals surface area (Å²) in [5.74, 6) is -7.22. The lowest BCUT2D eigenvalue weighted by molar-refractivity contribution is -0.341. The summed E-state index contributed by atoms with van der Waals surface area (Å²) in [6.45, 7) is -1.92. The van der Waals surface area contributed by atoms with Gasteiger partial charge in [-0.15, -0.1) is 0 Å². The molecule has 0 aromatic heterocycles. The molecule has 2 heterocycles. The van der Waals surface area contributed by atoms with Crippen molar-refractivity contribution in [1.29, 1.82) is 0 Å². The van der Waals surface area contributed by atoms with Crippen LogP contribution in [0.2, 0.25) is 0 Å². The molecule has 0 aromatic rings. The highest BCUT2D eigenvalue weighted by Crippen LogP contribution is 2.36. The van der Waals surface area contributed by atoms with Gasteiger partial charge in [-0.1, -0.05) is 15.9 Å². The number of hydrogen-bond donors (Lipinski definition) is 0. The van der Waals surface area contributed by atoms with Gasteiger partial charge in [0.1, 0.15) is 31.5 Å². The number of hydrogen-bond acceptors (Lipinski definition) is 17. The van der Waals surface area contributed by atoms with Crippen LogP contribution in [0, 0.1) is 0 Å². The van der Waals surface area contributed by atoms with Crippen LogP contribution in [0.5, 0.6) is 0 Å². The highest BCUT2D eigenvalue weighted by atomic mass is 79.9. The van der Waals surface area contributed by atoms with E-state index in [2.05, 4.69) is 15.9 Å². The van der Waals surface area contributed by atoms with Gasteiger partial charge in [-0.25, -0.2) is 0 Å². The Morgan fingerprint density at radius 2 is 0.977 bits per heavy atom. The van der Waals surface area contributed by atoms with Crippen molar-refractivity contribution in [3.05, 3.63) is 0 Å². The van der Waals surface area contributed by atoms with Crippen molar-refractivity contribution in [3.8, 4) is 0 Å². The zero-order valence-corrected chi connectivity index (χ0v) is 25.4. The van der Waals surface area contributed by atoms with E-state index in [-0.39, 0.29) is 0 Å². The first kappa shape index (κ1) is 30.7. The predicted molar refractivity (Wildman–Crippen MR) is 142 cm³/mol. The minimum absolute atomic E-state index is 0.553. The van der Waals surface area contributed by atoms with Gasteiger partial charge in [0.15, 0.2) is 41.8 Å². The first-order valence-corrected chi connectivity index (χ1v) is 13.6. The van der Waals surface area contributed by atoms with Crippen LogP contribution in [0.4, 0.5) is 0 Å². The topological polar surface area (TPSA) is 212 Å². The fourth-order valence-corrected chi connectivity index (χ4v) is 5.00. The van der Waals surface area contributed by atoms with Crippen LogP contribution in [-0.2, 0) is 80.9 Å². The molecule has 0 aliphatic carbocycles. The largest absolute Gasteiger partial charge is 0.463 e. The molecule has 44 heavy (non-hydrogen) atoms. The van der Waals surface area contributed by atoms with Gasteiger partial charge in [0.2, 0.25) is 0 Å². The first-order valence-electron chi connectivity index (χ1n) is 15.5. The Kier molecular flexibility index (Phi) is 11.6. The van der Waals surface area contributed by atoms with E-state index in [4.69, 9.17) is 52.9 Å². The quantitative estimate of drug-likeness (QED) is 0.157. The Hall–Kier alpha value is -3.35. The molecule has 0 saturated carbocycles. The van der Waals surface area contributed by atoms with E-state index >= 15 is 0 Å². The van der Waals surface area contributed by atoms with Gasteiger partial charge >= 0.3 is 41.8 Å². The third kappa shape index (κ3) is 11.0. The fourth-order valence-electron chi connectivity index (χ4n) is 4.32. The second-order valence-electron chi connectivity index (χ2n) is 9.17. The normalized spacial score (nSPS) is 32.6. The Morgan fingerprint density at radius 3 is 1.50 bits per heavy atom. The zero-order valence-electron chi connectivity index (χ0n) is 27.8. The Balaban J connectivity index is 2.73. The Bertz CT molecular complexity index is 1180. The van der Waals surface area contributed by atoms with Gasteiger partial charge in [-0.05, 0) is 0 Å². The van der Waals surface area contributed by atoms with Crippen molar-refractivity contribution in [2.24, 2.45) is 0 Å². The third-order valence-corrected chi connectivity index (χ3v) is 6.46. The summed E-state index contributed by atoms with van der Waals surface area (Å²) >= 11 is 3.19. The van der Waals surface area contributed by atoms with E-state index in [1.165, 1.54) is 0 Å². The maximum atomic E-state index is 12.5. The van der Waals surface area contributed by atoms with Crippen LogP contribution >= 0.6 is 15.9 Å². The molecular formula is C26H35BrO17. The van der Waals surface area contributed by atoms with Crippen molar-refractivity contribution in [3.63, 3.8) is 0 Å². The maximum absolute atomic E-state index is 12.5. The molecule has 10 atom stereocenters. The van der Waals surface area contributed by atoms with Crippen molar-refractivity contribution in [2.75, 3.05) is 13.2 Å². The lowest BCUT2D eigenvalue weighted by Crippen LogP contribution is -2.66. The molecule has 0 amide bonds. The summed E-state index contributed by atoms with van der Waals surface area (Å²) < 4.78 is 84.1. The van der Waals surface area contributed by atoms with E-state index in [1.54, 1.807) is 0 Å². The van der Waals surface area contributed by atoms with Crippen molar-refractivity contribution in [1.82, 2.24) is 0 Å². The van der Waals surface area contributed by atoms with Crippen molar-refractivity contribution < 1.29 is 86.4 Å². The molecule has 0 bridgehead atoms. The monoisotopic (exact) mass is 702 g/mol. The van der Waals surface area contributed by atoms with Gasteiger partial charge in [0.25, 0.3) is 0 Å². The predicted octanol–water partition coefficient (Wildman–Crippen LogP) is 0.00100. The molecule has 2 fully saturated rings. The summed E-state index contributed by atoms with van der Waals surface area (Å²) in [5, 5.41) is -1.17. The molecule has 0 spiro atoms. The summed E-state index contributed by atoms with van der Waals surface area (Å²) in [5.41, 5.74) is 0. The van der Waals surface area contributed by atoms with Crippen LogP contribution in [0.1, 0.15) is 53.9 Å². The van der Waals surface area contributed by atoms with Gasteiger partial charge in [-0.3, -0.25) is 33.6 Å². The van der Waals surface area contributed by atoms with Crippen LogP contribution in [-0.4, -0.2) is 115 Å². The summed E-state index contributed by atoms with van der Waals surface area (Å²) in [6, 6.07) is 0. The second kappa shape index (κ2) is 16.6. The second-order valence-corrected chi connectivity index (χ2v) is 10.1. The van der Waals surface area contributed by atoms with Crippen molar-refractivity contribution in [2.45, 2.75) is 109 Å². The molecule has 1 unspecified atom stereocenters. The molecule has 2 rings (SSSR count). The van der Waals surface area contributed by atoms with Gasteiger partial charge in [0, 0.05) is 53.9 Å². The molecule has 18 heteroatoms. The number of rotatable bonds is 11. The highest BCUT2D eigenvalue weighted by Gasteiger charge is 2.57. The molecule has 0 radical (unpaired) electrons.